The number of urea groups is 1. The van der Waals surface area contributed by atoms with Crippen molar-refractivity contribution < 1.29 is 22.4 Å². The third-order valence-electron chi connectivity index (χ3n) is 3.87. The molecule has 0 aromatic heterocycles. The number of alkyl halides is 3. The summed E-state index contributed by atoms with van der Waals surface area (Å²) < 4.78 is 51.6. The average Bonchev–Trinajstić information content (AvgIpc) is 2.53. The summed E-state index contributed by atoms with van der Waals surface area (Å²) in [5.41, 5.74) is 0.766. The van der Waals surface area contributed by atoms with E-state index >= 15 is 0 Å². The molecule has 1 fully saturated rings. The fourth-order valence-electron chi connectivity index (χ4n) is 2.61. The number of hydrogen-bond acceptors (Lipinski definition) is 3. The van der Waals surface area contributed by atoms with Crippen molar-refractivity contribution in [1.82, 2.24) is 10.2 Å². The Morgan fingerprint density at radius 3 is 2.44 bits per heavy atom. The van der Waals surface area contributed by atoms with Gasteiger partial charge in [0.05, 0.1) is 11.4 Å². The number of piperazine rings is 1. The minimum Gasteiger partial charge on any atom is -0.366 e. The van der Waals surface area contributed by atoms with Gasteiger partial charge in [-0.2, -0.15) is 13.2 Å². The van der Waals surface area contributed by atoms with Crippen LogP contribution in [0, 0.1) is 12.7 Å². The number of benzene rings is 1. The van der Waals surface area contributed by atoms with Crippen molar-refractivity contribution in [3.8, 4) is 0 Å². The molecule has 1 aliphatic rings. The van der Waals surface area contributed by atoms with Crippen molar-refractivity contribution in [2.75, 3.05) is 43.4 Å². The largest absolute Gasteiger partial charge is 0.398 e. The van der Waals surface area contributed by atoms with Crippen molar-refractivity contribution in [1.29, 1.82) is 0 Å². The van der Waals surface area contributed by atoms with E-state index < -0.39 is 17.7 Å². The van der Waals surface area contributed by atoms with Crippen molar-refractivity contribution in [2.24, 2.45) is 0 Å². The van der Waals surface area contributed by atoms with E-state index in [1.165, 1.54) is 12.1 Å². The first-order valence-corrected chi connectivity index (χ1v) is 8.97. The zero-order chi connectivity index (χ0) is 18.6. The van der Waals surface area contributed by atoms with Crippen molar-refractivity contribution in [3.63, 3.8) is 0 Å². The number of amides is 2. The van der Waals surface area contributed by atoms with Crippen LogP contribution in [-0.2, 0) is 0 Å². The Kier molecular flexibility index (Phi) is 6.42. The molecule has 2 amide bonds. The smallest absolute Gasteiger partial charge is 0.366 e. The maximum absolute atomic E-state index is 14.3. The van der Waals surface area contributed by atoms with Gasteiger partial charge in [0.2, 0.25) is 0 Å². The molecular formula is C16H21F4N3OS. The molecule has 1 heterocycles. The van der Waals surface area contributed by atoms with Crippen LogP contribution in [0.2, 0.25) is 0 Å². The van der Waals surface area contributed by atoms with Gasteiger partial charge in [0.25, 0.3) is 0 Å². The zero-order valence-corrected chi connectivity index (χ0v) is 14.9. The van der Waals surface area contributed by atoms with Crippen molar-refractivity contribution in [2.45, 2.75) is 24.9 Å². The molecule has 0 radical (unpaired) electrons. The third kappa shape index (κ3) is 5.42. The lowest BCUT2D eigenvalue weighted by atomic mass is 10.2. The molecule has 0 aliphatic carbocycles. The number of rotatable bonds is 4. The van der Waals surface area contributed by atoms with E-state index in [1.54, 1.807) is 16.7 Å². The normalized spacial score (nSPS) is 15.4. The lowest BCUT2D eigenvalue weighted by molar-refractivity contribution is -0.105. The lowest BCUT2D eigenvalue weighted by Gasteiger charge is -2.36. The molecule has 1 N–H and O–H groups in total. The summed E-state index contributed by atoms with van der Waals surface area (Å²) in [6.45, 7) is 5.69. The molecular weight excluding hydrogens is 358 g/mol. The van der Waals surface area contributed by atoms with Gasteiger partial charge in [0.15, 0.2) is 0 Å². The molecule has 0 atom stereocenters. The highest BCUT2D eigenvalue weighted by Gasteiger charge is 2.28. The number of thioether (sulfide) groups is 1. The lowest BCUT2D eigenvalue weighted by Crippen LogP contribution is -2.52. The molecule has 0 spiro atoms. The molecule has 2 rings (SSSR count). The quantitative estimate of drug-likeness (QED) is 0.641. The first-order chi connectivity index (χ1) is 11.7. The van der Waals surface area contributed by atoms with Crippen LogP contribution in [0.3, 0.4) is 0 Å². The molecule has 4 nitrogen and oxygen atoms in total. The molecule has 1 aliphatic heterocycles. The second-order valence-corrected chi connectivity index (χ2v) is 6.80. The maximum Gasteiger partial charge on any atom is 0.398 e. The molecule has 0 unspecified atom stereocenters. The Labute approximate surface area is 148 Å². The summed E-state index contributed by atoms with van der Waals surface area (Å²) in [5.74, 6) is -1.47. The number of halogens is 4. The first kappa shape index (κ1) is 19.7. The molecule has 1 aromatic carbocycles. The Balaban J connectivity index is 2.08. The minimum atomic E-state index is -4.27. The standard InChI is InChI=1S/C16H21F4N3OS/c1-3-21-15(24)23-6-4-22(5-7-23)13-9-14(11(2)8-12(13)17)25-10-16(18,19)20/h8-9H,3-7,10H2,1-2H3,(H,21,24). The van der Waals surface area contributed by atoms with Crippen molar-refractivity contribution in [3.05, 3.63) is 23.5 Å². The summed E-state index contributed by atoms with van der Waals surface area (Å²) in [7, 11) is 0. The monoisotopic (exact) mass is 379 g/mol. The number of anilines is 1. The molecule has 9 heteroatoms. The number of hydrogen-bond donors (Lipinski definition) is 1. The molecule has 25 heavy (non-hydrogen) atoms. The number of carbonyl (C=O) groups excluding carboxylic acids is 1. The summed E-state index contributed by atoms with van der Waals surface area (Å²) in [5, 5.41) is 2.71. The highest BCUT2D eigenvalue weighted by Crippen LogP contribution is 2.34. The summed E-state index contributed by atoms with van der Waals surface area (Å²) >= 11 is 0.660. The molecule has 140 valence electrons. The van der Waals surface area contributed by atoms with Crippen LogP contribution in [-0.4, -0.2) is 55.6 Å². The highest BCUT2D eigenvalue weighted by atomic mass is 32.2. The van der Waals surface area contributed by atoms with Gasteiger partial charge in [-0.15, -0.1) is 11.8 Å². The van der Waals surface area contributed by atoms with Crippen LogP contribution < -0.4 is 10.2 Å². The predicted octanol–water partition coefficient (Wildman–Crippen LogP) is 3.64. The van der Waals surface area contributed by atoms with E-state index in [2.05, 4.69) is 5.32 Å². The summed E-state index contributed by atoms with van der Waals surface area (Å²) in [4.78, 5) is 15.6. The number of aryl methyl sites for hydroxylation is 1. The minimum absolute atomic E-state index is 0.159. The first-order valence-electron chi connectivity index (χ1n) is 7.98. The van der Waals surface area contributed by atoms with E-state index in [9.17, 15) is 22.4 Å². The highest BCUT2D eigenvalue weighted by molar-refractivity contribution is 7.99. The topological polar surface area (TPSA) is 35.6 Å². The van der Waals surface area contributed by atoms with E-state index in [0.29, 0.717) is 54.9 Å². The summed E-state index contributed by atoms with van der Waals surface area (Å²) in [6, 6.07) is 2.58. The van der Waals surface area contributed by atoms with Crippen LogP contribution in [0.15, 0.2) is 17.0 Å². The van der Waals surface area contributed by atoms with Gasteiger partial charge < -0.3 is 15.1 Å². The Hall–Kier alpha value is -1.64. The van der Waals surface area contributed by atoms with Crippen LogP contribution >= 0.6 is 11.8 Å². The molecule has 1 saturated heterocycles. The fourth-order valence-corrected chi connectivity index (χ4v) is 3.41. The Morgan fingerprint density at radius 1 is 1.24 bits per heavy atom. The van der Waals surface area contributed by atoms with E-state index in [4.69, 9.17) is 0 Å². The van der Waals surface area contributed by atoms with Gasteiger partial charge in [0, 0.05) is 37.6 Å². The third-order valence-corrected chi connectivity index (χ3v) is 5.09. The van der Waals surface area contributed by atoms with Gasteiger partial charge >= 0.3 is 12.2 Å². The SMILES string of the molecule is CCNC(=O)N1CCN(c2cc(SCC(F)(F)F)c(C)cc2F)CC1. The van der Waals surface area contributed by atoms with Gasteiger partial charge in [0.1, 0.15) is 5.82 Å². The number of nitrogens with zero attached hydrogens (tertiary/aromatic N) is 2. The second-order valence-electron chi connectivity index (χ2n) is 5.78. The number of nitrogens with one attached hydrogen (secondary N) is 1. The van der Waals surface area contributed by atoms with E-state index in [1.807, 2.05) is 6.92 Å². The zero-order valence-electron chi connectivity index (χ0n) is 14.1. The maximum atomic E-state index is 14.3. The van der Waals surface area contributed by atoms with Crippen LogP contribution in [0.4, 0.5) is 28.0 Å². The Bertz CT molecular complexity index is 616. The Morgan fingerprint density at radius 2 is 1.88 bits per heavy atom. The van der Waals surface area contributed by atoms with E-state index in [-0.39, 0.29) is 11.7 Å². The van der Waals surface area contributed by atoms with Gasteiger partial charge in [-0.1, -0.05) is 0 Å². The number of carbonyl (C=O) groups is 1. The average molecular weight is 379 g/mol. The van der Waals surface area contributed by atoms with Crippen LogP contribution in [0.25, 0.3) is 0 Å². The van der Waals surface area contributed by atoms with Crippen molar-refractivity contribution >= 4 is 23.5 Å². The van der Waals surface area contributed by atoms with Gasteiger partial charge in [-0.05, 0) is 31.5 Å². The van der Waals surface area contributed by atoms with Gasteiger partial charge in [-0.25, -0.2) is 9.18 Å². The predicted molar refractivity (Wildman–Crippen MR) is 90.8 cm³/mol. The summed E-state index contributed by atoms with van der Waals surface area (Å²) in [6.07, 6.45) is -4.27. The second kappa shape index (κ2) is 8.16. The molecule has 0 saturated carbocycles. The molecule has 0 bridgehead atoms. The van der Waals surface area contributed by atoms with Gasteiger partial charge in [-0.3, -0.25) is 0 Å². The van der Waals surface area contributed by atoms with E-state index in [0.717, 1.165) is 0 Å². The van der Waals surface area contributed by atoms with Crippen LogP contribution in [0.5, 0.6) is 0 Å². The fraction of sp³-hybridized carbons (Fsp3) is 0.562. The molecule has 1 aromatic rings. The van der Waals surface area contributed by atoms with Crippen LogP contribution in [0.1, 0.15) is 12.5 Å².